The van der Waals surface area contributed by atoms with E-state index in [1.165, 1.54) is 24.1 Å². The van der Waals surface area contributed by atoms with E-state index < -0.39 is 0 Å². The number of hydrogen-bond acceptors (Lipinski definition) is 3. The molecule has 26 heavy (non-hydrogen) atoms. The SMILES string of the molecule is Cn1ccc2cc(C(=O)N3CCc4ncnc(C5CC5)c4CC3)ccc21. The quantitative estimate of drug-likeness (QED) is 0.716. The lowest BCUT2D eigenvalue weighted by Crippen LogP contribution is -2.33. The van der Waals surface area contributed by atoms with Crippen LogP contribution in [-0.4, -0.2) is 38.4 Å². The second-order valence-electron chi connectivity index (χ2n) is 7.45. The Morgan fingerprint density at radius 1 is 1.12 bits per heavy atom. The van der Waals surface area contributed by atoms with Gasteiger partial charge in [0.15, 0.2) is 0 Å². The van der Waals surface area contributed by atoms with Gasteiger partial charge >= 0.3 is 0 Å². The molecule has 5 rings (SSSR count). The van der Waals surface area contributed by atoms with Crippen LogP contribution in [-0.2, 0) is 19.9 Å². The molecule has 3 heterocycles. The average molecular weight is 346 g/mol. The molecule has 5 nitrogen and oxygen atoms in total. The third-order valence-corrected chi connectivity index (χ3v) is 5.70. The minimum absolute atomic E-state index is 0.115. The zero-order valence-electron chi connectivity index (χ0n) is 15.0. The maximum absolute atomic E-state index is 13.1. The van der Waals surface area contributed by atoms with E-state index in [0.717, 1.165) is 48.1 Å². The van der Waals surface area contributed by atoms with E-state index in [2.05, 4.69) is 20.6 Å². The number of nitrogens with zero attached hydrogens (tertiary/aromatic N) is 4. The molecule has 1 aliphatic carbocycles. The zero-order chi connectivity index (χ0) is 17.7. The first-order chi connectivity index (χ1) is 12.7. The molecule has 1 aromatic carbocycles. The number of amides is 1. The van der Waals surface area contributed by atoms with E-state index in [-0.39, 0.29) is 5.91 Å². The topological polar surface area (TPSA) is 51.0 Å². The highest BCUT2D eigenvalue weighted by molar-refractivity contribution is 5.98. The first-order valence-corrected chi connectivity index (χ1v) is 9.38. The van der Waals surface area contributed by atoms with Gasteiger partial charge in [0.25, 0.3) is 5.91 Å². The summed E-state index contributed by atoms with van der Waals surface area (Å²) in [4.78, 5) is 24.1. The number of rotatable bonds is 2. The second-order valence-corrected chi connectivity index (χ2v) is 7.45. The van der Waals surface area contributed by atoms with Crippen LogP contribution in [0.4, 0.5) is 0 Å². The molecule has 2 aliphatic rings. The van der Waals surface area contributed by atoms with Crippen molar-refractivity contribution in [3.05, 3.63) is 59.3 Å². The molecule has 1 fully saturated rings. The highest BCUT2D eigenvalue weighted by atomic mass is 16.2. The summed E-state index contributed by atoms with van der Waals surface area (Å²) in [5.74, 6) is 0.735. The van der Waals surface area contributed by atoms with Crippen molar-refractivity contribution < 1.29 is 4.79 Å². The highest BCUT2D eigenvalue weighted by Crippen LogP contribution is 2.41. The van der Waals surface area contributed by atoms with Crippen LogP contribution in [0.3, 0.4) is 0 Å². The fourth-order valence-corrected chi connectivity index (χ4v) is 4.06. The lowest BCUT2D eigenvalue weighted by molar-refractivity contribution is 0.0763. The average Bonchev–Trinajstić information content (AvgIpc) is 3.47. The van der Waals surface area contributed by atoms with E-state index in [1.807, 2.05) is 36.3 Å². The molecule has 5 heteroatoms. The predicted molar refractivity (Wildman–Crippen MR) is 100 cm³/mol. The van der Waals surface area contributed by atoms with E-state index in [4.69, 9.17) is 0 Å². The van der Waals surface area contributed by atoms with Gasteiger partial charge in [0.1, 0.15) is 6.33 Å². The van der Waals surface area contributed by atoms with Crippen LogP contribution < -0.4 is 0 Å². The molecular formula is C21H22N4O. The molecule has 1 amide bonds. The first-order valence-electron chi connectivity index (χ1n) is 9.38. The zero-order valence-corrected chi connectivity index (χ0v) is 15.0. The summed E-state index contributed by atoms with van der Waals surface area (Å²) in [6.45, 7) is 1.46. The summed E-state index contributed by atoms with van der Waals surface area (Å²) in [5, 5.41) is 1.11. The Morgan fingerprint density at radius 2 is 1.96 bits per heavy atom. The predicted octanol–water partition coefficient (Wildman–Crippen LogP) is 3.09. The lowest BCUT2D eigenvalue weighted by atomic mass is 10.0. The normalized spacial score (nSPS) is 17.2. The largest absolute Gasteiger partial charge is 0.351 e. The van der Waals surface area contributed by atoms with Crippen molar-refractivity contribution in [1.82, 2.24) is 19.4 Å². The Labute approximate surface area is 152 Å². The fraction of sp³-hybridized carbons (Fsp3) is 0.381. The van der Waals surface area contributed by atoms with Crippen LogP contribution in [0, 0.1) is 0 Å². The highest BCUT2D eigenvalue weighted by Gasteiger charge is 2.30. The first kappa shape index (κ1) is 15.6. The van der Waals surface area contributed by atoms with Gasteiger partial charge in [-0.1, -0.05) is 0 Å². The third-order valence-electron chi connectivity index (χ3n) is 5.70. The summed E-state index contributed by atoms with van der Waals surface area (Å²) in [6.07, 6.45) is 7.89. The molecule has 2 aromatic heterocycles. The molecule has 132 valence electrons. The Balaban J connectivity index is 1.40. The summed E-state index contributed by atoms with van der Waals surface area (Å²) in [6, 6.07) is 8.04. The Bertz CT molecular complexity index is 1000. The van der Waals surface area contributed by atoms with Crippen LogP contribution in [0.2, 0.25) is 0 Å². The van der Waals surface area contributed by atoms with Crippen molar-refractivity contribution >= 4 is 16.8 Å². The van der Waals surface area contributed by atoms with Crippen LogP contribution in [0.15, 0.2) is 36.8 Å². The summed E-state index contributed by atoms with van der Waals surface area (Å²) in [5.41, 5.74) is 5.58. The minimum atomic E-state index is 0.115. The molecule has 1 saturated carbocycles. The molecule has 3 aromatic rings. The fourth-order valence-electron chi connectivity index (χ4n) is 4.06. The molecule has 1 aliphatic heterocycles. The Kier molecular flexibility index (Phi) is 3.55. The second kappa shape index (κ2) is 5.94. The van der Waals surface area contributed by atoms with E-state index in [1.54, 1.807) is 6.33 Å². The Hall–Kier alpha value is -2.69. The number of benzene rings is 1. The minimum Gasteiger partial charge on any atom is -0.351 e. The standard InChI is InChI=1S/C21H22N4O/c1-24-9-6-15-12-16(4-5-19(15)24)21(26)25-10-7-17-18(8-11-25)22-13-23-20(17)14-2-3-14/h4-6,9,12-14H,2-3,7-8,10-11H2,1H3. The van der Waals surface area contributed by atoms with Crippen molar-refractivity contribution in [2.45, 2.75) is 31.6 Å². The number of aromatic nitrogens is 3. The number of carbonyl (C=O) groups excluding carboxylic acids is 1. The van der Waals surface area contributed by atoms with Gasteiger partial charge in [-0.25, -0.2) is 9.97 Å². The van der Waals surface area contributed by atoms with Crippen LogP contribution in [0.5, 0.6) is 0 Å². The lowest BCUT2D eigenvalue weighted by Gasteiger charge is -2.20. The maximum Gasteiger partial charge on any atom is 0.253 e. The van der Waals surface area contributed by atoms with Gasteiger partial charge in [-0.05, 0) is 49.1 Å². The van der Waals surface area contributed by atoms with Gasteiger partial charge in [-0.3, -0.25) is 4.79 Å². The molecule has 0 unspecified atom stereocenters. The monoisotopic (exact) mass is 346 g/mol. The molecule has 0 radical (unpaired) electrons. The number of carbonyl (C=O) groups is 1. The van der Waals surface area contributed by atoms with Gasteiger partial charge in [0, 0.05) is 60.8 Å². The number of fused-ring (bicyclic) bond motifs is 2. The maximum atomic E-state index is 13.1. The molecule has 0 bridgehead atoms. The summed E-state index contributed by atoms with van der Waals surface area (Å²) >= 11 is 0. The van der Waals surface area contributed by atoms with Crippen LogP contribution in [0.25, 0.3) is 10.9 Å². The molecule has 0 spiro atoms. The van der Waals surface area contributed by atoms with Gasteiger partial charge in [0.2, 0.25) is 0 Å². The third kappa shape index (κ3) is 2.59. The van der Waals surface area contributed by atoms with E-state index in [0.29, 0.717) is 5.92 Å². The molecular weight excluding hydrogens is 324 g/mol. The van der Waals surface area contributed by atoms with E-state index >= 15 is 0 Å². The number of aryl methyl sites for hydroxylation is 1. The van der Waals surface area contributed by atoms with Gasteiger partial charge in [-0.15, -0.1) is 0 Å². The smallest absolute Gasteiger partial charge is 0.253 e. The van der Waals surface area contributed by atoms with Crippen molar-refractivity contribution in [2.75, 3.05) is 13.1 Å². The van der Waals surface area contributed by atoms with Gasteiger partial charge in [-0.2, -0.15) is 0 Å². The summed E-state index contributed by atoms with van der Waals surface area (Å²) < 4.78 is 2.07. The van der Waals surface area contributed by atoms with Gasteiger partial charge in [0.05, 0.1) is 5.69 Å². The van der Waals surface area contributed by atoms with Crippen molar-refractivity contribution in [1.29, 1.82) is 0 Å². The van der Waals surface area contributed by atoms with Crippen LogP contribution in [0.1, 0.15) is 46.1 Å². The molecule has 0 N–H and O–H groups in total. The van der Waals surface area contributed by atoms with E-state index in [9.17, 15) is 4.79 Å². The number of hydrogen-bond donors (Lipinski definition) is 0. The van der Waals surface area contributed by atoms with Crippen molar-refractivity contribution in [2.24, 2.45) is 7.05 Å². The van der Waals surface area contributed by atoms with Crippen molar-refractivity contribution in [3.63, 3.8) is 0 Å². The molecule has 0 atom stereocenters. The summed E-state index contributed by atoms with van der Waals surface area (Å²) in [7, 11) is 2.02. The van der Waals surface area contributed by atoms with Crippen LogP contribution >= 0.6 is 0 Å². The molecule has 0 saturated heterocycles. The van der Waals surface area contributed by atoms with Gasteiger partial charge < -0.3 is 9.47 Å². The van der Waals surface area contributed by atoms with Crippen molar-refractivity contribution in [3.8, 4) is 0 Å². The Morgan fingerprint density at radius 3 is 2.81 bits per heavy atom.